The third-order valence-electron chi connectivity index (χ3n) is 2.31. The van der Waals surface area contributed by atoms with Crippen molar-refractivity contribution in [1.29, 1.82) is 0 Å². The first kappa shape index (κ1) is 13.7. The van der Waals surface area contributed by atoms with Gasteiger partial charge < -0.3 is 5.73 Å². The van der Waals surface area contributed by atoms with Crippen molar-refractivity contribution in [1.82, 2.24) is 10.2 Å². The van der Waals surface area contributed by atoms with E-state index in [1.165, 1.54) is 30.5 Å². The number of para-hydroxylation sites is 1. The largest absolute Gasteiger partial charge is 0.393 e. The number of nitrogen functional groups attached to an aromatic ring is 1. The van der Waals surface area contributed by atoms with Gasteiger partial charge >= 0.3 is 5.69 Å². The molecular weight excluding hydrogens is 286 g/mol. The number of nitrogens with zero attached hydrogens (tertiary/aromatic N) is 3. The Hall–Kier alpha value is -2.75. The molecule has 0 saturated carbocycles. The van der Waals surface area contributed by atoms with Crippen molar-refractivity contribution in [2.24, 2.45) is 0 Å². The summed E-state index contributed by atoms with van der Waals surface area (Å²) in [6.07, 6.45) is 1.36. The van der Waals surface area contributed by atoms with Gasteiger partial charge in [-0.25, -0.2) is 8.42 Å². The number of benzene rings is 1. The van der Waals surface area contributed by atoms with Crippen molar-refractivity contribution in [2.45, 2.75) is 4.90 Å². The summed E-state index contributed by atoms with van der Waals surface area (Å²) >= 11 is 0. The van der Waals surface area contributed by atoms with Gasteiger partial charge in [0.25, 0.3) is 10.0 Å². The second-order valence-corrected chi connectivity index (χ2v) is 5.32. The summed E-state index contributed by atoms with van der Waals surface area (Å²) in [6, 6.07) is 6.49. The number of hydrogen-bond acceptors (Lipinski definition) is 7. The molecule has 20 heavy (non-hydrogen) atoms. The second kappa shape index (κ2) is 5.09. The molecule has 0 unspecified atom stereocenters. The minimum atomic E-state index is -4.19. The molecule has 104 valence electrons. The molecule has 0 atom stereocenters. The summed E-state index contributed by atoms with van der Waals surface area (Å²) in [5.74, 6) is -0.0516. The highest BCUT2D eigenvalue weighted by Gasteiger charge is 2.28. The van der Waals surface area contributed by atoms with Gasteiger partial charge in [-0.2, -0.15) is 5.10 Å². The van der Waals surface area contributed by atoms with Gasteiger partial charge in [0.15, 0.2) is 10.7 Å². The Morgan fingerprint density at radius 2 is 2.00 bits per heavy atom. The van der Waals surface area contributed by atoms with Gasteiger partial charge in [0, 0.05) is 6.20 Å². The van der Waals surface area contributed by atoms with Crippen molar-refractivity contribution in [2.75, 3.05) is 10.5 Å². The van der Waals surface area contributed by atoms with E-state index < -0.39 is 25.5 Å². The van der Waals surface area contributed by atoms with Gasteiger partial charge in [0.05, 0.1) is 4.92 Å². The highest BCUT2D eigenvalue weighted by atomic mass is 32.2. The normalized spacial score (nSPS) is 11.0. The van der Waals surface area contributed by atoms with Crippen LogP contribution in [0.4, 0.5) is 17.2 Å². The Morgan fingerprint density at radius 1 is 1.25 bits per heavy atom. The Bertz CT molecular complexity index is 747. The van der Waals surface area contributed by atoms with Crippen LogP contribution in [0.15, 0.2) is 41.4 Å². The number of nitro benzene ring substituents is 1. The maximum Gasteiger partial charge on any atom is 0.312 e. The highest BCUT2D eigenvalue weighted by Crippen LogP contribution is 2.30. The van der Waals surface area contributed by atoms with E-state index in [2.05, 4.69) is 14.9 Å². The molecule has 0 spiro atoms. The van der Waals surface area contributed by atoms with Crippen LogP contribution in [0, 0.1) is 10.1 Å². The van der Waals surface area contributed by atoms with E-state index in [-0.39, 0.29) is 11.5 Å². The lowest BCUT2D eigenvalue weighted by molar-refractivity contribution is -0.386. The lowest BCUT2D eigenvalue weighted by atomic mass is 10.3. The van der Waals surface area contributed by atoms with E-state index in [1.54, 1.807) is 0 Å². The van der Waals surface area contributed by atoms with Crippen molar-refractivity contribution in [3.63, 3.8) is 0 Å². The molecule has 0 aliphatic rings. The van der Waals surface area contributed by atoms with Crippen LogP contribution in [0.5, 0.6) is 0 Å². The number of sulfonamides is 1. The third kappa shape index (κ3) is 2.64. The SMILES string of the molecule is Nc1cccc(S(=O)(=O)Nc2cccnn2)c1[N+](=O)[O-]. The van der Waals surface area contributed by atoms with E-state index in [9.17, 15) is 18.5 Å². The van der Waals surface area contributed by atoms with Crippen molar-refractivity contribution in [3.05, 3.63) is 46.6 Å². The number of nitrogens with two attached hydrogens (primary N) is 1. The fraction of sp³-hybridized carbons (Fsp3) is 0. The molecule has 0 saturated heterocycles. The van der Waals surface area contributed by atoms with Gasteiger partial charge in [-0.3, -0.25) is 14.8 Å². The fourth-order valence-electron chi connectivity index (χ4n) is 1.50. The number of nitrogens with one attached hydrogen (secondary N) is 1. The number of anilines is 2. The van der Waals surface area contributed by atoms with Crippen molar-refractivity contribution in [3.8, 4) is 0 Å². The first-order valence-electron chi connectivity index (χ1n) is 5.25. The predicted octanol–water partition coefficient (Wildman–Crippen LogP) is 0.768. The Labute approximate surface area is 113 Å². The van der Waals surface area contributed by atoms with Crippen molar-refractivity contribution >= 4 is 27.2 Å². The molecule has 0 amide bonds. The van der Waals surface area contributed by atoms with Crippen LogP contribution in [-0.4, -0.2) is 23.5 Å². The first-order valence-corrected chi connectivity index (χ1v) is 6.73. The molecule has 2 rings (SSSR count). The highest BCUT2D eigenvalue weighted by molar-refractivity contribution is 7.92. The molecule has 1 aromatic carbocycles. The van der Waals surface area contributed by atoms with Crippen LogP contribution in [0.1, 0.15) is 0 Å². The average Bonchev–Trinajstić information content (AvgIpc) is 2.38. The lowest BCUT2D eigenvalue weighted by Gasteiger charge is -2.08. The van der Waals surface area contributed by atoms with E-state index in [0.29, 0.717) is 0 Å². The van der Waals surface area contributed by atoms with Crippen LogP contribution in [0.2, 0.25) is 0 Å². The third-order valence-corrected chi connectivity index (χ3v) is 3.70. The summed E-state index contributed by atoms with van der Waals surface area (Å²) in [4.78, 5) is 9.57. The maximum absolute atomic E-state index is 12.1. The van der Waals surface area contributed by atoms with Crippen LogP contribution < -0.4 is 10.5 Å². The fourth-order valence-corrected chi connectivity index (χ4v) is 2.70. The Kier molecular flexibility index (Phi) is 3.48. The maximum atomic E-state index is 12.1. The standard InChI is InChI=1S/C10H9N5O4S/c11-7-3-1-4-8(10(7)15(16)17)20(18,19)14-9-5-2-6-12-13-9/h1-6H,11H2,(H,13,14). The molecule has 10 heteroatoms. The summed E-state index contributed by atoms with van der Waals surface area (Å²) < 4.78 is 26.4. The molecular formula is C10H9N5O4S. The lowest BCUT2D eigenvalue weighted by Crippen LogP contribution is -2.16. The topological polar surface area (TPSA) is 141 Å². The molecule has 3 N–H and O–H groups in total. The minimum Gasteiger partial charge on any atom is -0.393 e. The Balaban J connectivity index is 2.50. The molecule has 9 nitrogen and oxygen atoms in total. The van der Waals surface area contributed by atoms with Gasteiger partial charge in [0.2, 0.25) is 0 Å². The van der Waals surface area contributed by atoms with Crippen LogP contribution in [-0.2, 0) is 10.0 Å². The zero-order valence-corrected chi connectivity index (χ0v) is 10.7. The van der Waals surface area contributed by atoms with Gasteiger partial charge in [-0.05, 0) is 24.3 Å². The van der Waals surface area contributed by atoms with E-state index in [0.717, 1.165) is 6.07 Å². The van der Waals surface area contributed by atoms with Crippen molar-refractivity contribution < 1.29 is 13.3 Å². The molecule has 0 bridgehead atoms. The molecule has 2 aromatic rings. The van der Waals surface area contributed by atoms with Crippen LogP contribution in [0.25, 0.3) is 0 Å². The van der Waals surface area contributed by atoms with Crippen LogP contribution in [0.3, 0.4) is 0 Å². The number of rotatable bonds is 4. The predicted molar refractivity (Wildman–Crippen MR) is 70.3 cm³/mol. The zero-order chi connectivity index (χ0) is 14.8. The molecule has 1 aromatic heterocycles. The summed E-state index contributed by atoms with van der Waals surface area (Å²) in [5, 5.41) is 18.0. The van der Waals surface area contributed by atoms with Gasteiger partial charge in [-0.1, -0.05) is 6.07 Å². The van der Waals surface area contributed by atoms with Gasteiger partial charge in [0.1, 0.15) is 5.69 Å². The van der Waals surface area contributed by atoms with E-state index in [1.807, 2.05) is 0 Å². The van der Waals surface area contributed by atoms with E-state index >= 15 is 0 Å². The molecule has 0 radical (unpaired) electrons. The molecule has 0 fully saturated rings. The summed E-state index contributed by atoms with van der Waals surface area (Å²) in [5.41, 5.74) is 4.53. The first-order chi connectivity index (χ1) is 9.42. The number of hydrogen-bond donors (Lipinski definition) is 2. The number of nitro groups is 1. The Morgan fingerprint density at radius 3 is 2.60 bits per heavy atom. The molecule has 0 aliphatic heterocycles. The van der Waals surface area contributed by atoms with Crippen LogP contribution >= 0.6 is 0 Å². The quantitative estimate of drug-likeness (QED) is 0.482. The molecule has 1 heterocycles. The average molecular weight is 295 g/mol. The smallest absolute Gasteiger partial charge is 0.312 e. The minimum absolute atomic E-state index is 0.0516. The summed E-state index contributed by atoms with van der Waals surface area (Å²) in [6.45, 7) is 0. The number of aromatic nitrogens is 2. The second-order valence-electron chi connectivity index (χ2n) is 3.67. The molecule has 0 aliphatic carbocycles. The van der Waals surface area contributed by atoms with E-state index in [4.69, 9.17) is 5.73 Å². The van der Waals surface area contributed by atoms with Gasteiger partial charge in [-0.15, -0.1) is 5.10 Å². The summed E-state index contributed by atoms with van der Waals surface area (Å²) in [7, 11) is -4.19. The monoisotopic (exact) mass is 295 g/mol. The zero-order valence-electron chi connectivity index (χ0n) is 9.92.